The maximum Gasteiger partial charge on any atom is 0.0992 e. The van der Waals surface area contributed by atoms with E-state index in [-0.39, 0.29) is 0 Å². The van der Waals surface area contributed by atoms with Crippen molar-refractivity contribution >= 4 is 0 Å². The summed E-state index contributed by atoms with van der Waals surface area (Å²) in [7, 11) is 0. The minimum Gasteiger partial charge on any atom is -0.256 e. The summed E-state index contributed by atoms with van der Waals surface area (Å²) < 4.78 is 0. The van der Waals surface area contributed by atoms with Gasteiger partial charge in [0.1, 0.15) is 0 Å². The van der Waals surface area contributed by atoms with Crippen LogP contribution in [0.4, 0.5) is 0 Å². The molecule has 0 amide bonds. The standard InChI is InChI=1S/C57H41N5/c58-38-44-32-45(39-59)36-51(35-44)50-27-30-62-57(37-50)49-25-23-46(24-26-49)53-7-1-2-8-54(53)52-33-42(13-11-40-15-19-47(20-16-40)55-9-3-5-28-60-55)31-43(34-52)14-12-41-17-21-48(22-18-41)56-10-4-6-29-61-56/h1-10,15-37H,11-14H2. The molecule has 0 aliphatic heterocycles. The van der Waals surface area contributed by atoms with Crippen molar-refractivity contribution in [1.82, 2.24) is 15.0 Å². The molecule has 3 heterocycles. The maximum atomic E-state index is 9.54. The summed E-state index contributed by atoms with van der Waals surface area (Å²) in [5.74, 6) is 0. The molecule has 0 saturated heterocycles. The lowest BCUT2D eigenvalue weighted by molar-refractivity contribution is 0.931. The molecule has 0 fully saturated rings. The molecule has 9 rings (SSSR count). The molecule has 0 unspecified atom stereocenters. The van der Waals surface area contributed by atoms with Crippen LogP contribution < -0.4 is 0 Å². The Morgan fingerprint density at radius 2 is 0.758 bits per heavy atom. The van der Waals surface area contributed by atoms with Gasteiger partial charge in [0.15, 0.2) is 0 Å². The van der Waals surface area contributed by atoms with E-state index in [2.05, 4.69) is 142 Å². The van der Waals surface area contributed by atoms with Crippen LogP contribution >= 0.6 is 0 Å². The van der Waals surface area contributed by atoms with Gasteiger partial charge in [0, 0.05) is 35.3 Å². The molecule has 9 aromatic rings. The zero-order valence-corrected chi connectivity index (χ0v) is 34.1. The molecule has 5 heteroatoms. The van der Waals surface area contributed by atoms with Crippen molar-refractivity contribution < 1.29 is 0 Å². The first-order valence-corrected chi connectivity index (χ1v) is 20.8. The number of hydrogen-bond donors (Lipinski definition) is 0. The number of aryl methyl sites for hydroxylation is 4. The molecule has 6 aromatic carbocycles. The van der Waals surface area contributed by atoms with E-state index in [0.29, 0.717) is 11.1 Å². The molecule has 0 spiro atoms. The number of pyridine rings is 3. The Morgan fingerprint density at radius 1 is 0.306 bits per heavy atom. The summed E-state index contributed by atoms with van der Waals surface area (Å²) in [6.07, 6.45) is 9.16. The van der Waals surface area contributed by atoms with E-state index in [9.17, 15) is 10.5 Å². The number of aromatic nitrogens is 3. The van der Waals surface area contributed by atoms with E-state index >= 15 is 0 Å². The third-order valence-electron chi connectivity index (χ3n) is 11.3. The highest BCUT2D eigenvalue weighted by molar-refractivity contribution is 5.85. The molecule has 0 aliphatic carbocycles. The van der Waals surface area contributed by atoms with E-state index in [1.165, 1.54) is 33.4 Å². The summed E-state index contributed by atoms with van der Waals surface area (Å²) >= 11 is 0. The van der Waals surface area contributed by atoms with Crippen molar-refractivity contribution in [3.8, 4) is 79.3 Å². The number of benzene rings is 6. The van der Waals surface area contributed by atoms with Crippen molar-refractivity contribution in [1.29, 1.82) is 10.5 Å². The Labute approximate surface area is 363 Å². The maximum absolute atomic E-state index is 9.54. The van der Waals surface area contributed by atoms with Crippen molar-refractivity contribution in [2.24, 2.45) is 0 Å². The molecule has 62 heavy (non-hydrogen) atoms. The summed E-state index contributed by atoms with van der Waals surface area (Å²) in [5.41, 5.74) is 18.5. The van der Waals surface area contributed by atoms with Crippen molar-refractivity contribution in [2.45, 2.75) is 25.7 Å². The SMILES string of the molecule is N#Cc1cc(C#N)cc(-c2ccnc(-c3ccc(-c4ccccc4-c4cc(CCc5ccc(-c6ccccn6)cc5)cc(CCc5ccc(-c6ccccn6)cc5)c4)cc3)c2)c1. The third kappa shape index (κ3) is 9.14. The molecule has 0 aliphatic rings. The highest BCUT2D eigenvalue weighted by Crippen LogP contribution is 2.35. The van der Waals surface area contributed by atoms with Crippen LogP contribution in [0, 0.1) is 22.7 Å². The first kappa shape index (κ1) is 39.2. The lowest BCUT2D eigenvalue weighted by Crippen LogP contribution is -1.98. The first-order valence-electron chi connectivity index (χ1n) is 20.8. The predicted octanol–water partition coefficient (Wildman–Crippen LogP) is 13.2. The fourth-order valence-corrected chi connectivity index (χ4v) is 8.03. The minimum atomic E-state index is 0.455. The molecule has 0 saturated carbocycles. The number of nitrogens with zero attached hydrogens (tertiary/aromatic N) is 5. The molecule has 294 valence electrons. The summed E-state index contributed by atoms with van der Waals surface area (Å²) in [6, 6.07) is 67.5. The predicted molar refractivity (Wildman–Crippen MR) is 250 cm³/mol. The summed E-state index contributed by atoms with van der Waals surface area (Å²) in [4.78, 5) is 13.7. The van der Waals surface area contributed by atoms with Gasteiger partial charge in [-0.05, 0) is 136 Å². The van der Waals surface area contributed by atoms with Crippen LogP contribution in [0.5, 0.6) is 0 Å². The molecule has 5 nitrogen and oxygen atoms in total. The van der Waals surface area contributed by atoms with Crippen LogP contribution in [-0.4, -0.2) is 15.0 Å². The Bertz CT molecular complexity index is 2920. The van der Waals surface area contributed by atoms with Crippen LogP contribution in [0.25, 0.3) is 67.2 Å². The van der Waals surface area contributed by atoms with Gasteiger partial charge in [0.05, 0.1) is 40.3 Å². The average molecular weight is 796 g/mol. The van der Waals surface area contributed by atoms with Gasteiger partial charge in [-0.15, -0.1) is 0 Å². The Kier molecular flexibility index (Phi) is 11.6. The van der Waals surface area contributed by atoms with Gasteiger partial charge >= 0.3 is 0 Å². The van der Waals surface area contributed by atoms with Crippen LogP contribution in [0.3, 0.4) is 0 Å². The molecule has 0 N–H and O–H groups in total. The fourth-order valence-electron chi connectivity index (χ4n) is 8.03. The number of rotatable bonds is 12. The van der Waals surface area contributed by atoms with Crippen molar-refractivity contribution in [3.05, 3.63) is 234 Å². The zero-order valence-electron chi connectivity index (χ0n) is 34.1. The van der Waals surface area contributed by atoms with Crippen molar-refractivity contribution in [3.63, 3.8) is 0 Å². The second-order valence-electron chi connectivity index (χ2n) is 15.4. The molecule has 0 bridgehead atoms. The minimum absolute atomic E-state index is 0.455. The second kappa shape index (κ2) is 18.3. The molecular formula is C57H41N5. The van der Waals surface area contributed by atoms with Gasteiger partial charge < -0.3 is 0 Å². The fraction of sp³-hybridized carbons (Fsp3) is 0.0702. The van der Waals surface area contributed by atoms with E-state index in [4.69, 9.17) is 0 Å². The number of nitriles is 2. The van der Waals surface area contributed by atoms with Crippen molar-refractivity contribution in [2.75, 3.05) is 0 Å². The summed E-state index contributed by atoms with van der Waals surface area (Å²) in [5, 5.41) is 19.1. The third-order valence-corrected chi connectivity index (χ3v) is 11.3. The van der Waals surface area contributed by atoms with Gasteiger partial charge in [0.25, 0.3) is 0 Å². The van der Waals surface area contributed by atoms with Gasteiger partial charge in [-0.25, -0.2) is 0 Å². The van der Waals surface area contributed by atoms with Crippen LogP contribution in [0.2, 0.25) is 0 Å². The molecule has 0 atom stereocenters. The van der Waals surface area contributed by atoms with Crippen LogP contribution in [-0.2, 0) is 25.7 Å². The van der Waals surface area contributed by atoms with E-state index in [1.807, 2.05) is 73.1 Å². The Balaban J connectivity index is 0.996. The van der Waals surface area contributed by atoms with Gasteiger partial charge in [-0.1, -0.05) is 127 Å². The molecule has 3 aromatic heterocycles. The second-order valence-corrected chi connectivity index (χ2v) is 15.4. The lowest BCUT2D eigenvalue weighted by Gasteiger charge is -2.15. The van der Waals surface area contributed by atoms with Gasteiger partial charge in [-0.2, -0.15) is 10.5 Å². The lowest BCUT2D eigenvalue weighted by atomic mass is 9.90. The van der Waals surface area contributed by atoms with E-state index in [0.717, 1.165) is 81.7 Å². The van der Waals surface area contributed by atoms with Gasteiger partial charge in [0.2, 0.25) is 0 Å². The molecule has 0 radical (unpaired) electrons. The molecular weight excluding hydrogens is 755 g/mol. The smallest absolute Gasteiger partial charge is 0.0992 e. The number of hydrogen-bond acceptors (Lipinski definition) is 5. The quantitative estimate of drug-likeness (QED) is 0.123. The highest BCUT2D eigenvalue weighted by atomic mass is 14.7. The highest BCUT2D eigenvalue weighted by Gasteiger charge is 2.13. The average Bonchev–Trinajstić information content (AvgIpc) is 3.36. The van der Waals surface area contributed by atoms with Crippen LogP contribution in [0.1, 0.15) is 33.4 Å². The normalized spacial score (nSPS) is 10.8. The van der Waals surface area contributed by atoms with Gasteiger partial charge in [-0.3, -0.25) is 15.0 Å². The van der Waals surface area contributed by atoms with E-state index < -0.39 is 0 Å². The zero-order chi connectivity index (χ0) is 42.1. The topological polar surface area (TPSA) is 86.2 Å². The Morgan fingerprint density at radius 3 is 1.27 bits per heavy atom. The first-order chi connectivity index (χ1) is 30.6. The summed E-state index contributed by atoms with van der Waals surface area (Å²) in [6.45, 7) is 0. The largest absolute Gasteiger partial charge is 0.256 e. The van der Waals surface area contributed by atoms with Crippen LogP contribution in [0.15, 0.2) is 201 Å². The van der Waals surface area contributed by atoms with E-state index in [1.54, 1.807) is 12.3 Å². The monoisotopic (exact) mass is 795 g/mol. The Hall–Kier alpha value is -8.25.